The van der Waals surface area contributed by atoms with E-state index < -0.39 is 5.97 Å². The van der Waals surface area contributed by atoms with Gasteiger partial charge in [-0.15, -0.1) is 0 Å². The van der Waals surface area contributed by atoms with E-state index in [0.29, 0.717) is 28.8 Å². The number of benzene rings is 2. The van der Waals surface area contributed by atoms with Gasteiger partial charge in [0.1, 0.15) is 11.3 Å². The summed E-state index contributed by atoms with van der Waals surface area (Å²) in [6, 6.07) is 11.7. The van der Waals surface area contributed by atoms with Crippen molar-refractivity contribution >= 4 is 39.9 Å². The summed E-state index contributed by atoms with van der Waals surface area (Å²) in [5.41, 5.74) is 11.1. The third-order valence-corrected chi connectivity index (χ3v) is 6.39. The van der Waals surface area contributed by atoms with Gasteiger partial charge in [0.15, 0.2) is 0 Å². The van der Waals surface area contributed by atoms with Gasteiger partial charge in [0.25, 0.3) is 0 Å². The minimum atomic E-state index is -0.480. The summed E-state index contributed by atoms with van der Waals surface area (Å²) < 4.78 is 13.2. The standard InChI is InChI=1S/C29H37N7O3/c1-18(2)39-28(37)20-16-31-29(33-27(20)21-17-36(6)24-11-9-8-10-19(21)24)32-23-14-22(30)25(15-26(23)38-7)35(5)13-12-34(3)4/h8-11,14-18H,12-13,30H2,1-7H3,(H,31,32,33). The van der Waals surface area contributed by atoms with Crippen LogP contribution in [0.5, 0.6) is 5.75 Å². The molecule has 10 heteroatoms. The molecule has 0 amide bonds. The SMILES string of the molecule is COc1cc(N(C)CCN(C)C)c(N)cc1Nc1ncc(C(=O)OC(C)C)c(-c2cn(C)c3ccccc23)n1. The van der Waals surface area contributed by atoms with Crippen molar-refractivity contribution in [2.45, 2.75) is 20.0 Å². The van der Waals surface area contributed by atoms with Crippen molar-refractivity contribution < 1.29 is 14.3 Å². The van der Waals surface area contributed by atoms with Crippen LogP contribution in [0.15, 0.2) is 48.8 Å². The van der Waals surface area contributed by atoms with E-state index in [4.69, 9.17) is 20.2 Å². The lowest BCUT2D eigenvalue weighted by Gasteiger charge is -2.24. The van der Waals surface area contributed by atoms with Crippen LogP contribution in [0.2, 0.25) is 0 Å². The first-order valence-corrected chi connectivity index (χ1v) is 12.8. The summed E-state index contributed by atoms with van der Waals surface area (Å²) in [5.74, 6) is 0.409. The summed E-state index contributed by atoms with van der Waals surface area (Å²) in [6.07, 6.45) is 3.17. The van der Waals surface area contributed by atoms with Gasteiger partial charge in [0, 0.05) is 62.1 Å². The number of fused-ring (bicyclic) bond motifs is 1. The molecule has 4 aromatic rings. The molecule has 0 unspecified atom stereocenters. The number of aromatic nitrogens is 3. The van der Waals surface area contributed by atoms with Crippen molar-refractivity contribution in [3.8, 4) is 17.0 Å². The first-order chi connectivity index (χ1) is 18.6. The molecule has 0 aliphatic heterocycles. The van der Waals surface area contributed by atoms with E-state index in [-0.39, 0.29) is 11.7 Å². The predicted molar refractivity (Wildman–Crippen MR) is 157 cm³/mol. The number of methoxy groups -OCH3 is 1. The summed E-state index contributed by atoms with van der Waals surface area (Å²) >= 11 is 0. The smallest absolute Gasteiger partial charge is 0.342 e. The quantitative estimate of drug-likeness (QED) is 0.225. The number of rotatable bonds is 10. The number of para-hydroxylation sites is 1. The average molecular weight is 532 g/mol. The molecule has 3 N–H and O–H groups in total. The monoisotopic (exact) mass is 531 g/mol. The molecular formula is C29H37N7O3. The third kappa shape index (κ3) is 6.06. The fraction of sp³-hybridized carbons (Fsp3) is 0.345. The van der Waals surface area contributed by atoms with Crippen LogP contribution in [0.25, 0.3) is 22.2 Å². The maximum atomic E-state index is 13.0. The van der Waals surface area contributed by atoms with Crippen LogP contribution >= 0.6 is 0 Å². The Labute approximate surface area is 229 Å². The van der Waals surface area contributed by atoms with E-state index in [2.05, 4.69) is 20.1 Å². The molecule has 2 heterocycles. The number of esters is 1. The van der Waals surface area contributed by atoms with E-state index in [9.17, 15) is 4.79 Å². The van der Waals surface area contributed by atoms with Crippen LogP contribution in [-0.4, -0.2) is 72.9 Å². The lowest BCUT2D eigenvalue weighted by atomic mass is 10.1. The Hall–Kier alpha value is -4.31. The number of nitrogens with two attached hydrogens (primary N) is 1. The number of carbonyl (C=O) groups is 1. The molecule has 39 heavy (non-hydrogen) atoms. The summed E-state index contributed by atoms with van der Waals surface area (Å²) in [4.78, 5) is 26.5. The maximum absolute atomic E-state index is 13.0. The van der Waals surface area contributed by atoms with Gasteiger partial charge >= 0.3 is 5.97 Å². The van der Waals surface area contributed by atoms with Gasteiger partial charge in [-0.1, -0.05) is 18.2 Å². The van der Waals surface area contributed by atoms with Gasteiger partial charge in [0.05, 0.1) is 36.0 Å². The lowest BCUT2D eigenvalue weighted by Crippen LogP contribution is -2.29. The van der Waals surface area contributed by atoms with Crippen molar-refractivity contribution in [1.82, 2.24) is 19.4 Å². The third-order valence-electron chi connectivity index (χ3n) is 6.39. The van der Waals surface area contributed by atoms with E-state index in [1.54, 1.807) is 7.11 Å². The number of hydrogen-bond donors (Lipinski definition) is 2. The fourth-order valence-electron chi connectivity index (χ4n) is 4.38. The van der Waals surface area contributed by atoms with Gasteiger partial charge < -0.3 is 34.9 Å². The van der Waals surface area contributed by atoms with Crippen molar-refractivity contribution in [2.75, 3.05) is 57.3 Å². The summed E-state index contributed by atoms with van der Waals surface area (Å²) in [5, 5.41) is 4.21. The molecule has 206 valence electrons. The molecule has 0 aliphatic rings. The lowest BCUT2D eigenvalue weighted by molar-refractivity contribution is 0.0378. The van der Waals surface area contributed by atoms with Crippen molar-refractivity contribution in [3.63, 3.8) is 0 Å². The highest BCUT2D eigenvalue weighted by Crippen LogP contribution is 2.37. The average Bonchev–Trinajstić information content (AvgIpc) is 3.23. The molecule has 0 bridgehead atoms. The number of anilines is 4. The van der Waals surface area contributed by atoms with Crippen LogP contribution in [-0.2, 0) is 11.8 Å². The molecule has 0 saturated heterocycles. The van der Waals surface area contributed by atoms with Gasteiger partial charge in [0.2, 0.25) is 5.95 Å². The van der Waals surface area contributed by atoms with E-state index in [1.165, 1.54) is 6.20 Å². The van der Waals surface area contributed by atoms with Crippen LogP contribution in [0, 0.1) is 0 Å². The van der Waals surface area contributed by atoms with Crippen LogP contribution in [0.1, 0.15) is 24.2 Å². The molecule has 0 aliphatic carbocycles. The molecule has 4 rings (SSSR count). The first kappa shape index (κ1) is 27.7. The molecule has 0 radical (unpaired) electrons. The highest BCUT2D eigenvalue weighted by Gasteiger charge is 2.22. The van der Waals surface area contributed by atoms with Crippen molar-refractivity contribution in [1.29, 1.82) is 0 Å². The van der Waals surface area contributed by atoms with Crippen LogP contribution in [0.4, 0.5) is 23.0 Å². The molecule has 10 nitrogen and oxygen atoms in total. The molecule has 0 atom stereocenters. The van der Waals surface area contributed by atoms with Crippen LogP contribution in [0.3, 0.4) is 0 Å². The second kappa shape index (κ2) is 11.6. The Morgan fingerprint density at radius 1 is 1.15 bits per heavy atom. The number of aryl methyl sites for hydroxylation is 1. The minimum Gasteiger partial charge on any atom is -0.494 e. The Morgan fingerprint density at radius 3 is 2.59 bits per heavy atom. The normalized spacial score (nSPS) is 11.3. The van der Waals surface area contributed by atoms with Crippen molar-refractivity contribution in [3.05, 3.63) is 54.4 Å². The van der Waals surface area contributed by atoms with Gasteiger partial charge in [-0.3, -0.25) is 0 Å². The topological polar surface area (TPSA) is 111 Å². The molecule has 0 saturated carbocycles. The molecule has 0 fully saturated rings. The Balaban J connectivity index is 1.76. The summed E-state index contributed by atoms with van der Waals surface area (Å²) in [7, 11) is 9.63. The number of nitrogens with zero attached hydrogens (tertiary/aromatic N) is 5. The Bertz CT molecular complexity index is 1480. The first-order valence-electron chi connectivity index (χ1n) is 12.8. The number of nitrogen functional groups attached to an aromatic ring is 1. The molecule has 2 aromatic heterocycles. The zero-order valence-corrected chi connectivity index (χ0v) is 23.6. The number of likely N-dealkylation sites (N-methyl/N-ethyl adjacent to an activating group) is 2. The Morgan fingerprint density at radius 2 is 1.90 bits per heavy atom. The van der Waals surface area contributed by atoms with Gasteiger partial charge in [-0.2, -0.15) is 0 Å². The highest BCUT2D eigenvalue weighted by molar-refractivity contribution is 6.03. The number of ether oxygens (including phenoxy) is 2. The zero-order chi connectivity index (χ0) is 28.3. The second-order valence-corrected chi connectivity index (χ2v) is 10.0. The maximum Gasteiger partial charge on any atom is 0.342 e. The number of carbonyl (C=O) groups excluding carboxylic acids is 1. The largest absolute Gasteiger partial charge is 0.494 e. The Kier molecular flexibility index (Phi) is 8.25. The van der Waals surface area contributed by atoms with Gasteiger partial charge in [-0.05, 0) is 40.1 Å². The van der Waals surface area contributed by atoms with Crippen molar-refractivity contribution in [2.24, 2.45) is 7.05 Å². The molecule has 0 spiro atoms. The van der Waals surface area contributed by atoms with E-state index in [1.807, 2.05) is 89.2 Å². The van der Waals surface area contributed by atoms with E-state index >= 15 is 0 Å². The molecular weight excluding hydrogens is 494 g/mol. The van der Waals surface area contributed by atoms with E-state index in [0.717, 1.165) is 35.2 Å². The second-order valence-electron chi connectivity index (χ2n) is 10.0. The minimum absolute atomic E-state index is 0.280. The predicted octanol–water partition coefficient (Wildman–Crippen LogP) is 4.53. The van der Waals surface area contributed by atoms with Crippen LogP contribution < -0.4 is 20.7 Å². The number of hydrogen-bond acceptors (Lipinski definition) is 9. The number of nitrogens with one attached hydrogen (secondary N) is 1. The fourth-order valence-corrected chi connectivity index (χ4v) is 4.38. The zero-order valence-electron chi connectivity index (χ0n) is 23.6. The molecule has 2 aromatic carbocycles. The van der Waals surface area contributed by atoms with Gasteiger partial charge in [-0.25, -0.2) is 14.8 Å². The highest BCUT2D eigenvalue weighted by atomic mass is 16.5. The summed E-state index contributed by atoms with van der Waals surface area (Å²) in [6.45, 7) is 5.31.